The Bertz CT molecular complexity index is 347. The maximum absolute atomic E-state index is 13.2. The van der Waals surface area contributed by atoms with E-state index in [4.69, 9.17) is 4.74 Å². The molecule has 2 rings (SSSR count). The van der Waals surface area contributed by atoms with Crippen LogP contribution in [0, 0.1) is 18.6 Å². The molecular weight excluding hydrogens is 174 g/mol. The lowest BCUT2D eigenvalue weighted by molar-refractivity contribution is 0.267. The number of rotatable bonds is 0. The van der Waals surface area contributed by atoms with Crippen LogP contribution >= 0.6 is 0 Å². The van der Waals surface area contributed by atoms with Gasteiger partial charge in [-0.15, -0.1) is 0 Å². The summed E-state index contributed by atoms with van der Waals surface area (Å²) >= 11 is 0. The molecule has 1 aliphatic heterocycles. The second-order valence-corrected chi connectivity index (χ2v) is 3.26. The maximum atomic E-state index is 13.2. The molecule has 0 amide bonds. The fraction of sp³-hybridized carbons (Fsp3) is 0.400. The summed E-state index contributed by atoms with van der Waals surface area (Å²) in [6, 6.07) is 1.66. The minimum Gasteiger partial charge on any atom is -0.490 e. The average molecular weight is 184 g/mol. The third-order valence-electron chi connectivity index (χ3n) is 2.26. The molecule has 0 aromatic heterocycles. The molecule has 1 aromatic carbocycles. The van der Waals surface area contributed by atoms with Crippen LogP contribution in [0.25, 0.3) is 0 Å². The second-order valence-electron chi connectivity index (χ2n) is 3.26. The van der Waals surface area contributed by atoms with Crippen molar-refractivity contribution in [1.29, 1.82) is 0 Å². The molecule has 0 bridgehead atoms. The number of aryl methyl sites for hydroxylation is 2. The van der Waals surface area contributed by atoms with E-state index >= 15 is 0 Å². The zero-order valence-electron chi connectivity index (χ0n) is 7.36. The van der Waals surface area contributed by atoms with Crippen molar-refractivity contribution in [2.75, 3.05) is 6.61 Å². The van der Waals surface area contributed by atoms with Gasteiger partial charge in [0.25, 0.3) is 0 Å². The van der Waals surface area contributed by atoms with E-state index in [0.29, 0.717) is 12.2 Å². The van der Waals surface area contributed by atoms with Crippen LogP contribution in [-0.2, 0) is 6.42 Å². The summed E-state index contributed by atoms with van der Waals surface area (Å²) in [4.78, 5) is 0. The van der Waals surface area contributed by atoms with Crippen LogP contribution in [0.2, 0.25) is 0 Å². The molecule has 0 fully saturated rings. The van der Waals surface area contributed by atoms with E-state index in [9.17, 15) is 8.78 Å². The van der Waals surface area contributed by atoms with E-state index in [1.54, 1.807) is 13.0 Å². The monoisotopic (exact) mass is 184 g/mol. The Balaban J connectivity index is 2.60. The smallest absolute Gasteiger partial charge is 0.201 e. The highest BCUT2D eigenvalue weighted by Gasteiger charge is 2.20. The first kappa shape index (κ1) is 8.48. The predicted octanol–water partition coefficient (Wildman–Crippen LogP) is 2.60. The molecule has 0 N–H and O–H groups in total. The Hall–Kier alpha value is -1.12. The lowest BCUT2D eigenvalue weighted by Crippen LogP contribution is -2.11. The van der Waals surface area contributed by atoms with Crippen molar-refractivity contribution >= 4 is 0 Å². The quantitative estimate of drug-likeness (QED) is 0.602. The van der Waals surface area contributed by atoms with E-state index < -0.39 is 11.6 Å². The molecule has 0 saturated carbocycles. The average Bonchev–Trinajstić information content (AvgIpc) is 2.15. The summed E-state index contributed by atoms with van der Waals surface area (Å²) in [5, 5.41) is 0. The summed E-state index contributed by atoms with van der Waals surface area (Å²) < 4.78 is 31.4. The molecule has 1 aliphatic rings. The zero-order valence-corrected chi connectivity index (χ0v) is 7.36. The first-order valence-corrected chi connectivity index (χ1v) is 4.30. The molecule has 0 atom stereocenters. The molecule has 0 unspecified atom stereocenters. The maximum Gasteiger partial charge on any atom is 0.201 e. The van der Waals surface area contributed by atoms with Crippen LogP contribution in [0.1, 0.15) is 17.5 Å². The van der Waals surface area contributed by atoms with Crippen LogP contribution in [0.3, 0.4) is 0 Å². The Morgan fingerprint density at radius 2 is 2.08 bits per heavy atom. The van der Waals surface area contributed by atoms with Crippen molar-refractivity contribution in [3.8, 4) is 5.75 Å². The van der Waals surface area contributed by atoms with Crippen molar-refractivity contribution in [2.24, 2.45) is 0 Å². The minimum atomic E-state index is -0.838. The minimum absolute atomic E-state index is 0.106. The lowest BCUT2D eigenvalue weighted by Gasteiger charge is -2.18. The number of hydrogen-bond acceptors (Lipinski definition) is 1. The van der Waals surface area contributed by atoms with Crippen molar-refractivity contribution in [1.82, 2.24) is 0 Å². The van der Waals surface area contributed by atoms with Crippen LogP contribution in [0.4, 0.5) is 8.78 Å². The van der Waals surface area contributed by atoms with E-state index in [0.717, 1.165) is 18.4 Å². The van der Waals surface area contributed by atoms with Crippen LogP contribution in [0.5, 0.6) is 5.75 Å². The topological polar surface area (TPSA) is 9.23 Å². The van der Waals surface area contributed by atoms with Crippen molar-refractivity contribution < 1.29 is 13.5 Å². The highest BCUT2D eigenvalue weighted by molar-refractivity contribution is 5.40. The van der Waals surface area contributed by atoms with Crippen molar-refractivity contribution in [2.45, 2.75) is 19.8 Å². The third-order valence-corrected chi connectivity index (χ3v) is 2.26. The summed E-state index contributed by atoms with van der Waals surface area (Å²) in [5.41, 5.74) is 1.13. The molecule has 3 heteroatoms. The summed E-state index contributed by atoms with van der Waals surface area (Å²) in [5.74, 6) is -1.52. The van der Waals surface area contributed by atoms with Crippen molar-refractivity contribution in [3.05, 3.63) is 28.8 Å². The molecule has 1 heterocycles. The van der Waals surface area contributed by atoms with Gasteiger partial charge in [0.05, 0.1) is 6.61 Å². The van der Waals surface area contributed by atoms with E-state index in [1.807, 2.05) is 0 Å². The zero-order chi connectivity index (χ0) is 9.42. The van der Waals surface area contributed by atoms with Crippen LogP contribution in [-0.4, -0.2) is 6.61 Å². The van der Waals surface area contributed by atoms with Gasteiger partial charge in [-0.3, -0.25) is 0 Å². The second kappa shape index (κ2) is 2.98. The van der Waals surface area contributed by atoms with Gasteiger partial charge in [0, 0.05) is 0 Å². The summed E-state index contributed by atoms with van der Waals surface area (Å²) in [7, 11) is 0. The van der Waals surface area contributed by atoms with Gasteiger partial charge in [-0.1, -0.05) is 0 Å². The van der Waals surface area contributed by atoms with Gasteiger partial charge in [0.15, 0.2) is 11.6 Å². The largest absolute Gasteiger partial charge is 0.490 e. The summed E-state index contributed by atoms with van der Waals surface area (Å²) in [6.45, 7) is 2.04. The highest BCUT2D eigenvalue weighted by Crippen LogP contribution is 2.31. The SMILES string of the molecule is Cc1cc2c(c(F)c1F)OCCC2. The van der Waals surface area contributed by atoms with Gasteiger partial charge in [-0.2, -0.15) is 4.39 Å². The molecular formula is C10H10F2O. The van der Waals surface area contributed by atoms with Gasteiger partial charge in [0.2, 0.25) is 5.82 Å². The number of benzene rings is 1. The first-order chi connectivity index (χ1) is 6.20. The normalized spacial score (nSPS) is 15.0. The Kier molecular flexibility index (Phi) is 1.94. The number of ether oxygens (including phenoxy) is 1. The fourth-order valence-corrected chi connectivity index (χ4v) is 1.58. The Morgan fingerprint density at radius 3 is 2.85 bits per heavy atom. The van der Waals surface area contributed by atoms with Gasteiger partial charge in [-0.05, 0) is 37.0 Å². The molecule has 1 aromatic rings. The lowest BCUT2D eigenvalue weighted by atomic mass is 10.0. The Morgan fingerprint density at radius 1 is 1.31 bits per heavy atom. The molecule has 13 heavy (non-hydrogen) atoms. The van der Waals surface area contributed by atoms with Gasteiger partial charge in [-0.25, -0.2) is 4.39 Å². The fourth-order valence-electron chi connectivity index (χ4n) is 1.58. The summed E-state index contributed by atoms with van der Waals surface area (Å²) in [6.07, 6.45) is 1.64. The Labute approximate surface area is 75.3 Å². The molecule has 0 spiro atoms. The highest BCUT2D eigenvalue weighted by atomic mass is 19.2. The number of halogens is 2. The van der Waals surface area contributed by atoms with E-state index in [1.165, 1.54) is 0 Å². The molecule has 0 saturated heterocycles. The molecule has 1 nitrogen and oxygen atoms in total. The molecule has 0 aliphatic carbocycles. The molecule has 70 valence electrons. The van der Waals surface area contributed by atoms with Gasteiger partial charge < -0.3 is 4.74 Å². The van der Waals surface area contributed by atoms with E-state index in [2.05, 4.69) is 0 Å². The van der Waals surface area contributed by atoms with Crippen LogP contribution in [0.15, 0.2) is 6.07 Å². The van der Waals surface area contributed by atoms with Crippen LogP contribution < -0.4 is 4.74 Å². The van der Waals surface area contributed by atoms with Gasteiger partial charge >= 0.3 is 0 Å². The third kappa shape index (κ3) is 1.28. The van der Waals surface area contributed by atoms with E-state index in [-0.39, 0.29) is 5.75 Å². The molecule has 0 radical (unpaired) electrons. The first-order valence-electron chi connectivity index (χ1n) is 4.30. The van der Waals surface area contributed by atoms with Gasteiger partial charge in [0.1, 0.15) is 0 Å². The van der Waals surface area contributed by atoms with Crippen molar-refractivity contribution in [3.63, 3.8) is 0 Å². The predicted molar refractivity (Wildman–Crippen MR) is 44.9 cm³/mol. The standard InChI is InChI=1S/C10H10F2O/c1-6-5-7-3-2-4-13-10(7)9(12)8(6)11/h5H,2-4H2,1H3. The number of hydrogen-bond donors (Lipinski definition) is 0. The number of fused-ring (bicyclic) bond motifs is 1.